The largest absolute Gasteiger partial charge is 1.00 e. The fourth-order valence-electron chi connectivity index (χ4n) is 2.20. The zero-order valence-corrected chi connectivity index (χ0v) is 12.3. The first-order valence-corrected chi connectivity index (χ1v) is 7.04. The van der Waals surface area contributed by atoms with E-state index < -0.39 is 0 Å². The molecule has 102 valence electrons. The topological polar surface area (TPSA) is 44.7 Å². The van der Waals surface area contributed by atoms with Gasteiger partial charge in [0.2, 0.25) is 0 Å². The summed E-state index contributed by atoms with van der Waals surface area (Å²) in [6.45, 7) is 0. The SMILES string of the molecule is [Cl-].[NH3+]C(c1ccccc1)c1csc2ccccc2c1=O. The highest BCUT2D eigenvalue weighted by Crippen LogP contribution is 2.21. The van der Waals surface area contributed by atoms with E-state index in [0.29, 0.717) is 0 Å². The Morgan fingerprint density at radius 2 is 1.60 bits per heavy atom. The standard InChI is InChI=1S/C16H13NOS.ClH/c17-15(11-6-2-1-3-7-11)13-10-19-14-9-5-4-8-12(14)16(13)18;/h1-10,15H,17H2;1H. The molecule has 0 spiro atoms. The Hall–Kier alpha value is -1.68. The lowest BCUT2D eigenvalue weighted by Gasteiger charge is -2.08. The lowest BCUT2D eigenvalue weighted by atomic mass is 10.0. The van der Waals surface area contributed by atoms with E-state index in [1.165, 1.54) is 0 Å². The number of hydrogen-bond acceptors (Lipinski definition) is 2. The van der Waals surface area contributed by atoms with Crippen molar-refractivity contribution in [2.75, 3.05) is 0 Å². The normalized spacial score (nSPS) is 11.8. The Labute approximate surface area is 127 Å². The molecular formula is C16H14ClNOS. The minimum Gasteiger partial charge on any atom is -1.00 e. The minimum atomic E-state index is -0.116. The van der Waals surface area contributed by atoms with Gasteiger partial charge in [-0.05, 0) is 12.1 Å². The molecule has 4 heteroatoms. The maximum absolute atomic E-state index is 12.5. The molecule has 0 fully saturated rings. The summed E-state index contributed by atoms with van der Waals surface area (Å²) in [5, 5.41) is 2.73. The molecular weight excluding hydrogens is 290 g/mol. The maximum Gasteiger partial charge on any atom is 0.197 e. The third kappa shape index (κ3) is 2.61. The molecule has 1 aromatic heterocycles. The third-order valence-corrected chi connectivity index (χ3v) is 4.27. The van der Waals surface area contributed by atoms with E-state index in [1.54, 1.807) is 11.3 Å². The summed E-state index contributed by atoms with van der Waals surface area (Å²) in [4.78, 5) is 12.5. The summed E-state index contributed by atoms with van der Waals surface area (Å²) >= 11 is 1.60. The molecule has 2 aromatic carbocycles. The second kappa shape index (κ2) is 6.18. The van der Waals surface area contributed by atoms with Crippen molar-refractivity contribution in [3.8, 4) is 0 Å². The molecule has 0 amide bonds. The van der Waals surface area contributed by atoms with E-state index in [1.807, 2.05) is 60.0 Å². The summed E-state index contributed by atoms with van der Waals surface area (Å²) < 4.78 is 1.02. The first-order valence-electron chi connectivity index (χ1n) is 6.16. The van der Waals surface area contributed by atoms with Crippen LogP contribution in [-0.4, -0.2) is 0 Å². The molecule has 1 heterocycles. The monoisotopic (exact) mass is 303 g/mol. The average Bonchev–Trinajstić information content (AvgIpc) is 2.48. The van der Waals surface area contributed by atoms with Gasteiger partial charge in [0.25, 0.3) is 0 Å². The van der Waals surface area contributed by atoms with Gasteiger partial charge in [-0.25, -0.2) is 0 Å². The highest BCUT2D eigenvalue weighted by atomic mass is 35.5. The molecule has 3 aromatic rings. The molecule has 0 aliphatic heterocycles. The molecule has 0 aliphatic carbocycles. The van der Waals surface area contributed by atoms with Crippen LogP contribution >= 0.6 is 11.3 Å². The van der Waals surface area contributed by atoms with Crippen LogP contribution in [0.4, 0.5) is 0 Å². The first kappa shape index (κ1) is 14.7. The minimum absolute atomic E-state index is 0. The number of benzene rings is 2. The predicted molar refractivity (Wildman–Crippen MR) is 79.3 cm³/mol. The molecule has 2 nitrogen and oxygen atoms in total. The van der Waals surface area contributed by atoms with Crippen LogP contribution < -0.4 is 23.6 Å². The number of fused-ring (bicyclic) bond motifs is 1. The fraction of sp³-hybridized carbons (Fsp3) is 0.0625. The third-order valence-electron chi connectivity index (χ3n) is 3.28. The lowest BCUT2D eigenvalue weighted by Crippen LogP contribution is -3.00. The van der Waals surface area contributed by atoms with Crippen LogP contribution in [0.3, 0.4) is 0 Å². The van der Waals surface area contributed by atoms with Crippen LogP contribution in [0.25, 0.3) is 10.1 Å². The maximum atomic E-state index is 12.5. The van der Waals surface area contributed by atoms with Crippen LogP contribution in [0.5, 0.6) is 0 Å². The summed E-state index contributed by atoms with van der Waals surface area (Å²) in [7, 11) is 0. The quantitative estimate of drug-likeness (QED) is 0.688. The number of rotatable bonds is 2. The van der Waals surface area contributed by atoms with Crippen molar-refractivity contribution >= 4 is 21.4 Å². The van der Waals surface area contributed by atoms with Crippen LogP contribution in [0.1, 0.15) is 17.2 Å². The van der Waals surface area contributed by atoms with Gasteiger partial charge >= 0.3 is 0 Å². The highest BCUT2D eigenvalue weighted by Gasteiger charge is 2.17. The van der Waals surface area contributed by atoms with Crippen molar-refractivity contribution in [2.24, 2.45) is 0 Å². The zero-order chi connectivity index (χ0) is 13.2. The van der Waals surface area contributed by atoms with Gasteiger partial charge in [0.05, 0.1) is 5.56 Å². The van der Waals surface area contributed by atoms with Gasteiger partial charge < -0.3 is 18.1 Å². The highest BCUT2D eigenvalue weighted by molar-refractivity contribution is 7.16. The Balaban J connectivity index is 0.00000147. The molecule has 1 atom stereocenters. The Morgan fingerprint density at radius 1 is 0.950 bits per heavy atom. The average molecular weight is 304 g/mol. The Morgan fingerprint density at radius 3 is 2.35 bits per heavy atom. The van der Waals surface area contributed by atoms with E-state index in [-0.39, 0.29) is 23.9 Å². The first-order chi connectivity index (χ1) is 9.27. The molecule has 0 bridgehead atoms. The van der Waals surface area contributed by atoms with Gasteiger partial charge in [-0.2, -0.15) is 0 Å². The van der Waals surface area contributed by atoms with Crippen molar-refractivity contribution < 1.29 is 18.1 Å². The van der Waals surface area contributed by atoms with E-state index in [4.69, 9.17) is 0 Å². The molecule has 1 unspecified atom stereocenters. The molecule has 0 saturated heterocycles. The summed E-state index contributed by atoms with van der Waals surface area (Å²) in [6, 6.07) is 17.5. The summed E-state index contributed by atoms with van der Waals surface area (Å²) in [5.41, 5.74) is 6.09. The molecule has 0 radical (unpaired) electrons. The number of halogens is 1. The van der Waals surface area contributed by atoms with Gasteiger partial charge in [-0.1, -0.05) is 42.5 Å². The van der Waals surface area contributed by atoms with E-state index >= 15 is 0 Å². The van der Waals surface area contributed by atoms with Crippen molar-refractivity contribution in [1.82, 2.24) is 0 Å². The van der Waals surface area contributed by atoms with Crippen molar-refractivity contribution in [1.29, 1.82) is 0 Å². The van der Waals surface area contributed by atoms with Crippen LogP contribution in [0, 0.1) is 0 Å². The molecule has 20 heavy (non-hydrogen) atoms. The van der Waals surface area contributed by atoms with E-state index in [0.717, 1.165) is 21.2 Å². The predicted octanol–water partition coefficient (Wildman–Crippen LogP) is -0.403. The summed E-state index contributed by atoms with van der Waals surface area (Å²) in [6.07, 6.45) is 0. The van der Waals surface area contributed by atoms with E-state index in [2.05, 4.69) is 5.73 Å². The molecule has 3 rings (SSSR count). The van der Waals surface area contributed by atoms with Gasteiger partial charge in [-0.15, -0.1) is 11.3 Å². The number of hydrogen-bond donors (Lipinski definition) is 1. The van der Waals surface area contributed by atoms with Gasteiger partial charge in [0.1, 0.15) is 6.04 Å². The van der Waals surface area contributed by atoms with Crippen molar-refractivity contribution in [3.63, 3.8) is 0 Å². The molecule has 0 aliphatic rings. The van der Waals surface area contributed by atoms with Crippen molar-refractivity contribution in [2.45, 2.75) is 6.04 Å². The van der Waals surface area contributed by atoms with Crippen molar-refractivity contribution in [3.05, 3.63) is 81.3 Å². The Bertz CT molecular complexity index is 770. The number of quaternary nitrogens is 1. The molecule has 0 saturated carbocycles. The zero-order valence-electron chi connectivity index (χ0n) is 10.8. The van der Waals surface area contributed by atoms with Crippen LogP contribution in [-0.2, 0) is 0 Å². The van der Waals surface area contributed by atoms with Gasteiger partial charge in [0, 0.05) is 21.0 Å². The molecule has 3 N–H and O–H groups in total. The second-order valence-corrected chi connectivity index (χ2v) is 5.39. The second-order valence-electron chi connectivity index (χ2n) is 4.48. The lowest BCUT2D eigenvalue weighted by molar-refractivity contribution is -0.411. The smallest absolute Gasteiger partial charge is 0.197 e. The van der Waals surface area contributed by atoms with Crippen LogP contribution in [0.15, 0.2) is 64.8 Å². The van der Waals surface area contributed by atoms with Crippen LogP contribution in [0.2, 0.25) is 0 Å². The fourth-order valence-corrected chi connectivity index (χ4v) is 3.17. The van der Waals surface area contributed by atoms with Gasteiger partial charge in [0.15, 0.2) is 5.43 Å². The van der Waals surface area contributed by atoms with E-state index in [9.17, 15) is 4.79 Å². The Kier molecular flexibility index (Phi) is 4.55. The summed E-state index contributed by atoms with van der Waals surface area (Å²) in [5.74, 6) is 0. The van der Waals surface area contributed by atoms with Gasteiger partial charge in [-0.3, -0.25) is 4.79 Å².